The first-order valence-electron chi connectivity index (χ1n) is 3.30. The Morgan fingerprint density at radius 2 is 2.40 bits per heavy atom. The van der Waals surface area contributed by atoms with Crippen LogP contribution in [0, 0.1) is 0 Å². The molecular weight excluding hydrogens is 126 g/mol. The predicted octanol–water partition coefficient (Wildman–Crippen LogP) is 0.309. The van der Waals surface area contributed by atoms with Gasteiger partial charge in [0.05, 0.1) is 6.34 Å². The standard InChI is InChI=1S/C7H15N3/c1-4-10(7-9-3)6-5-8-2/h4,7-8H,1,5-6H2,2-3H3. The lowest BCUT2D eigenvalue weighted by Gasteiger charge is -2.12. The Balaban J connectivity index is 3.49. The third kappa shape index (κ3) is 4.09. The maximum atomic E-state index is 3.86. The molecule has 58 valence electrons. The first kappa shape index (κ1) is 9.17. The highest BCUT2D eigenvalue weighted by Crippen LogP contribution is 1.80. The van der Waals surface area contributed by atoms with Gasteiger partial charge in [0.1, 0.15) is 0 Å². The summed E-state index contributed by atoms with van der Waals surface area (Å²) in [6, 6.07) is 0. The predicted molar refractivity (Wildman–Crippen MR) is 45.2 cm³/mol. The molecule has 0 rings (SSSR count). The monoisotopic (exact) mass is 141 g/mol. The molecule has 3 heteroatoms. The summed E-state index contributed by atoms with van der Waals surface area (Å²) in [6.45, 7) is 5.50. The zero-order valence-electron chi connectivity index (χ0n) is 6.67. The van der Waals surface area contributed by atoms with Gasteiger partial charge in [0.15, 0.2) is 0 Å². The van der Waals surface area contributed by atoms with Crippen molar-refractivity contribution in [3.63, 3.8) is 0 Å². The Morgan fingerprint density at radius 1 is 1.70 bits per heavy atom. The molecule has 0 atom stereocenters. The molecule has 0 heterocycles. The second-order valence-electron chi connectivity index (χ2n) is 1.90. The van der Waals surface area contributed by atoms with Crippen molar-refractivity contribution < 1.29 is 0 Å². The quantitative estimate of drug-likeness (QED) is 0.441. The van der Waals surface area contributed by atoms with E-state index in [0.29, 0.717) is 0 Å². The van der Waals surface area contributed by atoms with E-state index in [2.05, 4.69) is 16.9 Å². The fourth-order valence-electron chi connectivity index (χ4n) is 0.585. The van der Waals surface area contributed by atoms with E-state index in [0.717, 1.165) is 13.1 Å². The highest BCUT2D eigenvalue weighted by Gasteiger charge is 1.89. The van der Waals surface area contributed by atoms with Crippen LogP contribution in [0.15, 0.2) is 17.8 Å². The van der Waals surface area contributed by atoms with Gasteiger partial charge in [-0.3, -0.25) is 4.99 Å². The minimum absolute atomic E-state index is 0.914. The molecule has 0 unspecified atom stereocenters. The van der Waals surface area contributed by atoms with Crippen molar-refractivity contribution in [3.05, 3.63) is 12.8 Å². The molecule has 0 aromatic heterocycles. The Morgan fingerprint density at radius 3 is 2.80 bits per heavy atom. The van der Waals surface area contributed by atoms with Crippen LogP contribution in [0.1, 0.15) is 0 Å². The van der Waals surface area contributed by atoms with Crippen LogP contribution in [0.2, 0.25) is 0 Å². The van der Waals surface area contributed by atoms with Crippen molar-refractivity contribution in [2.75, 3.05) is 27.2 Å². The van der Waals surface area contributed by atoms with Gasteiger partial charge in [-0.15, -0.1) is 0 Å². The van der Waals surface area contributed by atoms with E-state index in [4.69, 9.17) is 0 Å². The van der Waals surface area contributed by atoms with Crippen LogP contribution in [0.25, 0.3) is 0 Å². The zero-order chi connectivity index (χ0) is 7.82. The Hall–Kier alpha value is -0.830. The number of aliphatic imine (C=N–C) groups is 1. The lowest BCUT2D eigenvalue weighted by Crippen LogP contribution is -2.25. The summed E-state index contributed by atoms with van der Waals surface area (Å²) >= 11 is 0. The van der Waals surface area contributed by atoms with Gasteiger partial charge < -0.3 is 10.2 Å². The molecule has 10 heavy (non-hydrogen) atoms. The first-order valence-corrected chi connectivity index (χ1v) is 3.30. The maximum Gasteiger partial charge on any atom is 0.0886 e. The van der Waals surface area contributed by atoms with Crippen molar-refractivity contribution in [1.82, 2.24) is 10.2 Å². The molecule has 0 amide bonds. The van der Waals surface area contributed by atoms with Gasteiger partial charge >= 0.3 is 0 Å². The zero-order valence-corrected chi connectivity index (χ0v) is 6.67. The van der Waals surface area contributed by atoms with E-state index in [1.54, 1.807) is 19.6 Å². The van der Waals surface area contributed by atoms with E-state index in [9.17, 15) is 0 Å². The highest BCUT2D eigenvalue weighted by atomic mass is 15.1. The van der Waals surface area contributed by atoms with Crippen molar-refractivity contribution in [2.24, 2.45) is 4.99 Å². The normalized spacial score (nSPS) is 10.2. The number of hydrogen-bond acceptors (Lipinski definition) is 2. The maximum absolute atomic E-state index is 3.86. The van der Waals surface area contributed by atoms with Gasteiger partial charge in [0, 0.05) is 20.1 Å². The van der Waals surface area contributed by atoms with E-state index in [1.807, 2.05) is 11.9 Å². The molecule has 0 aromatic rings. The van der Waals surface area contributed by atoms with Gasteiger partial charge in [-0.25, -0.2) is 0 Å². The van der Waals surface area contributed by atoms with E-state index in [-0.39, 0.29) is 0 Å². The fraction of sp³-hybridized carbons (Fsp3) is 0.571. The summed E-state index contributed by atoms with van der Waals surface area (Å²) in [5.41, 5.74) is 0. The minimum Gasteiger partial charge on any atom is -0.339 e. The molecular formula is C7H15N3. The SMILES string of the molecule is C=CN(C=NC)CCNC. The Labute approximate surface area is 62.4 Å². The summed E-state index contributed by atoms with van der Waals surface area (Å²) < 4.78 is 0. The van der Waals surface area contributed by atoms with Crippen molar-refractivity contribution in [1.29, 1.82) is 0 Å². The van der Waals surface area contributed by atoms with Crippen LogP contribution in [-0.2, 0) is 0 Å². The molecule has 0 aliphatic carbocycles. The molecule has 0 radical (unpaired) electrons. The topological polar surface area (TPSA) is 27.6 Å². The second kappa shape index (κ2) is 6.29. The smallest absolute Gasteiger partial charge is 0.0886 e. The third-order valence-corrected chi connectivity index (χ3v) is 1.12. The first-order chi connectivity index (χ1) is 4.85. The van der Waals surface area contributed by atoms with Crippen LogP contribution >= 0.6 is 0 Å². The van der Waals surface area contributed by atoms with E-state index in [1.165, 1.54) is 0 Å². The lowest BCUT2D eigenvalue weighted by atomic mass is 10.5. The summed E-state index contributed by atoms with van der Waals surface area (Å²) in [5, 5.41) is 3.04. The van der Waals surface area contributed by atoms with E-state index >= 15 is 0 Å². The number of likely N-dealkylation sites (N-methyl/N-ethyl adjacent to an activating group) is 1. The van der Waals surface area contributed by atoms with Gasteiger partial charge in [-0.1, -0.05) is 6.58 Å². The average molecular weight is 141 g/mol. The minimum atomic E-state index is 0.914. The van der Waals surface area contributed by atoms with Crippen LogP contribution in [-0.4, -0.2) is 38.4 Å². The number of nitrogens with zero attached hydrogens (tertiary/aromatic N) is 2. The van der Waals surface area contributed by atoms with Gasteiger partial charge in [-0.05, 0) is 13.2 Å². The van der Waals surface area contributed by atoms with Crippen molar-refractivity contribution in [3.8, 4) is 0 Å². The molecule has 0 aromatic carbocycles. The molecule has 0 aliphatic rings. The highest BCUT2D eigenvalue weighted by molar-refractivity contribution is 5.55. The van der Waals surface area contributed by atoms with Crippen molar-refractivity contribution in [2.45, 2.75) is 0 Å². The summed E-state index contributed by atoms with van der Waals surface area (Å²) in [5.74, 6) is 0. The molecule has 0 spiro atoms. The lowest BCUT2D eigenvalue weighted by molar-refractivity contribution is 0.552. The summed E-state index contributed by atoms with van der Waals surface area (Å²) in [6.07, 6.45) is 3.51. The molecule has 3 nitrogen and oxygen atoms in total. The Kier molecular flexibility index (Phi) is 5.77. The van der Waals surface area contributed by atoms with Gasteiger partial charge in [0.25, 0.3) is 0 Å². The van der Waals surface area contributed by atoms with Gasteiger partial charge in [0.2, 0.25) is 0 Å². The third-order valence-electron chi connectivity index (χ3n) is 1.12. The molecule has 0 aliphatic heterocycles. The molecule has 0 saturated heterocycles. The number of rotatable bonds is 5. The summed E-state index contributed by atoms with van der Waals surface area (Å²) in [7, 11) is 3.67. The molecule has 0 bridgehead atoms. The van der Waals surface area contributed by atoms with Gasteiger partial charge in [-0.2, -0.15) is 0 Å². The Bertz CT molecular complexity index is 109. The van der Waals surface area contributed by atoms with E-state index < -0.39 is 0 Å². The van der Waals surface area contributed by atoms with Crippen molar-refractivity contribution >= 4 is 6.34 Å². The van der Waals surface area contributed by atoms with Crippen LogP contribution in [0.5, 0.6) is 0 Å². The summed E-state index contributed by atoms with van der Waals surface area (Å²) in [4.78, 5) is 5.79. The average Bonchev–Trinajstić information content (AvgIpc) is 1.98. The molecule has 0 fully saturated rings. The van der Waals surface area contributed by atoms with Crippen LogP contribution in [0.3, 0.4) is 0 Å². The fourth-order valence-corrected chi connectivity index (χ4v) is 0.585. The molecule has 1 N–H and O–H groups in total. The molecule has 0 saturated carbocycles. The largest absolute Gasteiger partial charge is 0.339 e. The second-order valence-corrected chi connectivity index (χ2v) is 1.90. The van der Waals surface area contributed by atoms with Crippen LogP contribution < -0.4 is 5.32 Å². The number of nitrogens with one attached hydrogen (secondary N) is 1. The van der Waals surface area contributed by atoms with Crippen LogP contribution in [0.4, 0.5) is 0 Å². The number of hydrogen-bond donors (Lipinski definition) is 1.